The molecule has 1 aromatic rings. The van der Waals surface area contributed by atoms with E-state index in [9.17, 15) is 4.79 Å². The highest BCUT2D eigenvalue weighted by molar-refractivity contribution is 9.11. The molecular weight excluding hydrogens is 278 g/mol. The third-order valence-corrected chi connectivity index (χ3v) is 4.64. The molecule has 1 aliphatic heterocycles. The van der Waals surface area contributed by atoms with Gasteiger partial charge in [-0.05, 0) is 34.5 Å². The first-order valence-electron chi connectivity index (χ1n) is 4.89. The Morgan fingerprint density at radius 1 is 1.67 bits per heavy atom. The average molecular weight is 290 g/mol. The third kappa shape index (κ3) is 1.96. The smallest absolute Gasteiger partial charge is 0.338 e. The van der Waals surface area contributed by atoms with Crippen LogP contribution in [0.3, 0.4) is 0 Å². The second kappa shape index (κ2) is 4.23. The molecule has 0 bridgehead atoms. The van der Waals surface area contributed by atoms with E-state index in [0.29, 0.717) is 5.56 Å². The van der Waals surface area contributed by atoms with Gasteiger partial charge < -0.3 is 5.11 Å². The standard InChI is InChI=1S/C10H12BrNO2S/c1-2-12-4-3-6-7(5-12)15-9(11)8(6)10(13)14/h2-5H2,1H3,(H,13,14). The van der Waals surface area contributed by atoms with Gasteiger partial charge in [-0.2, -0.15) is 0 Å². The number of carbonyl (C=O) groups is 1. The van der Waals surface area contributed by atoms with Crippen LogP contribution in [0.25, 0.3) is 0 Å². The summed E-state index contributed by atoms with van der Waals surface area (Å²) < 4.78 is 0.762. The van der Waals surface area contributed by atoms with Gasteiger partial charge in [0, 0.05) is 18.0 Å². The Balaban J connectivity index is 2.39. The maximum Gasteiger partial charge on any atom is 0.338 e. The molecule has 1 N–H and O–H groups in total. The van der Waals surface area contributed by atoms with Crippen molar-refractivity contribution in [2.45, 2.75) is 19.9 Å². The minimum absolute atomic E-state index is 0.478. The molecule has 0 aromatic carbocycles. The topological polar surface area (TPSA) is 40.5 Å². The first-order valence-corrected chi connectivity index (χ1v) is 6.50. The lowest BCUT2D eigenvalue weighted by atomic mass is 10.0. The highest BCUT2D eigenvalue weighted by Crippen LogP contribution is 2.36. The fourth-order valence-electron chi connectivity index (χ4n) is 1.91. The maximum absolute atomic E-state index is 11.1. The third-order valence-electron chi connectivity index (χ3n) is 2.75. The number of hydrogen-bond donors (Lipinski definition) is 1. The SMILES string of the molecule is CCN1CCc2c(sc(Br)c2C(=O)O)C1. The molecule has 0 aliphatic carbocycles. The van der Waals surface area contributed by atoms with Gasteiger partial charge in [-0.25, -0.2) is 4.79 Å². The Kier molecular flexibility index (Phi) is 3.13. The predicted octanol–water partition coefficient (Wildman–Crippen LogP) is 2.59. The molecule has 5 heteroatoms. The average Bonchev–Trinajstić information content (AvgIpc) is 2.52. The molecule has 0 saturated heterocycles. The van der Waals surface area contributed by atoms with E-state index in [1.54, 1.807) is 11.3 Å². The van der Waals surface area contributed by atoms with Crippen molar-refractivity contribution in [3.8, 4) is 0 Å². The quantitative estimate of drug-likeness (QED) is 0.910. The molecule has 0 radical (unpaired) electrons. The highest BCUT2D eigenvalue weighted by Gasteiger charge is 2.25. The first kappa shape index (κ1) is 11.1. The molecule has 0 spiro atoms. The normalized spacial score (nSPS) is 16.4. The van der Waals surface area contributed by atoms with Gasteiger partial charge >= 0.3 is 5.97 Å². The monoisotopic (exact) mass is 289 g/mol. The van der Waals surface area contributed by atoms with Crippen molar-refractivity contribution in [2.75, 3.05) is 13.1 Å². The molecule has 2 heterocycles. The lowest BCUT2D eigenvalue weighted by molar-refractivity contribution is 0.0694. The van der Waals surface area contributed by atoms with Gasteiger partial charge in [-0.1, -0.05) is 6.92 Å². The molecular formula is C10H12BrNO2S. The van der Waals surface area contributed by atoms with Crippen LogP contribution in [0.1, 0.15) is 27.7 Å². The van der Waals surface area contributed by atoms with Gasteiger partial charge in [-0.3, -0.25) is 4.90 Å². The van der Waals surface area contributed by atoms with Crippen molar-refractivity contribution in [1.82, 2.24) is 4.90 Å². The van der Waals surface area contributed by atoms with Crippen molar-refractivity contribution in [3.63, 3.8) is 0 Å². The number of nitrogens with zero attached hydrogens (tertiary/aromatic N) is 1. The van der Waals surface area contributed by atoms with Crippen LogP contribution < -0.4 is 0 Å². The summed E-state index contributed by atoms with van der Waals surface area (Å²) in [6.45, 7) is 5.01. The van der Waals surface area contributed by atoms with Crippen LogP contribution in [0, 0.1) is 0 Å². The van der Waals surface area contributed by atoms with Crippen LogP contribution in [0.15, 0.2) is 3.79 Å². The molecule has 0 unspecified atom stereocenters. The number of carboxylic acid groups (broad SMARTS) is 1. The van der Waals surface area contributed by atoms with Crippen LogP contribution in [0.5, 0.6) is 0 Å². The number of rotatable bonds is 2. The van der Waals surface area contributed by atoms with E-state index in [4.69, 9.17) is 5.11 Å². The minimum atomic E-state index is -0.815. The molecule has 0 atom stereocenters. The summed E-state index contributed by atoms with van der Waals surface area (Å²) in [5.41, 5.74) is 1.51. The lowest BCUT2D eigenvalue weighted by Gasteiger charge is -2.25. The molecule has 3 nitrogen and oxygen atoms in total. The summed E-state index contributed by atoms with van der Waals surface area (Å²) in [7, 11) is 0. The summed E-state index contributed by atoms with van der Waals surface area (Å²) in [6, 6.07) is 0. The van der Waals surface area contributed by atoms with E-state index in [2.05, 4.69) is 27.8 Å². The van der Waals surface area contributed by atoms with Crippen molar-refractivity contribution in [2.24, 2.45) is 0 Å². The number of thiophene rings is 1. The number of carboxylic acids is 1. The first-order chi connectivity index (χ1) is 7.13. The summed E-state index contributed by atoms with van der Waals surface area (Å²) in [6.07, 6.45) is 0.854. The molecule has 0 saturated carbocycles. The van der Waals surface area contributed by atoms with Gasteiger partial charge in [-0.15, -0.1) is 11.3 Å². The van der Waals surface area contributed by atoms with E-state index in [-0.39, 0.29) is 0 Å². The van der Waals surface area contributed by atoms with Crippen LogP contribution >= 0.6 is 27.3 Å². The zero-order chi connectivity index (χ0) is 11.0. The van der Waals surface area contributed by atoms with Gasteiger partial charge in [0.1, 0.15) is 0 Å². The van der Waals surface area contributed by atoms with E-state index < -0.39 is 5.97 Å². The Morgan fingerprint density at radius 3 is 3.00 bits per heavy atom. The second-order valence-corrected chi connectivity index (χ2v) is 6.00. The summed E-state index contributed by atoms with van der Waals surface area (Å²) in [5, 5.41) is 9.10. The Labute approximate surface area is 101 Å². The fraction of sp³-hybridized carbons (Fsp3) is 0.500. The fourth-order valence-corrected chi connectivity index (χ4v) is 4.00. The zero-order valence-corrected chi connectivity index (χ0v) is 10.8. The largest absolute Gasteiger partial charge is 0.478 e. The van der Waals surface area contributed by atoms with Crippen molar-refractivity contribution >= 4 is 33.2 Å². The number of hydrogen-bond acceptors (Lipinski definition) is 3. The van der Waals surface area contributed by atoms with Crippen molar-refractivity contribution in [1.29, 1.82) is 0 Å². The Morgan fingerprint density at radius 2 is 2.40 bits per heavy atom. The van der Waals surface area contributed by atoms with Crippen LogP contribution in [0.2, 0.25) is 0 Å². The Bertz CT molecular complexity index is 402. The van der Waals surface area contributed by atoms with Crippen molar-refractivity contribution in [3.05, 3.63) is 19.8 Å². The highest BCUT2D eigenvalue weighted by atomic mass is 79.9. The zero-order valence-electron chi connectivity index (χ0n) is 8.42. The molecule has 1 aromatic heterocycles. The lowest BCUT2D eigenvalue weighted by Crippen LogP contribution is -2.29. The van der Waals surface area contributed by atoms with E-state index in [1.165, 1.54) is 4.88 Å². The summed E-state index contributed by atoms with van der Waals surface area (Å²) in [4.78, 5) is 14.6. The summed E-state index contributed by atoms with van der Waals surface area (Å²) >= 11 is 4.90. The van der Waals surface area contributed by atoms with Gasteiger partial charge in [0.05, 0.1) is 9.35 Å². The van der Waals surface area contributed by atoms with Gasteiger partial charge in [0.2, 0.25) is 0 Å². The van der Waals surface area contributed by atoms with E-state index in [0.717, 1.165) is 35.4 Å². The molecule has 2 rings (SSSR count). The van der Waals surface area contributed by atoms with Gasteiger partial charge in [0.15, 0.2) is 0 Å². The number of fused-ring (bicyclic) bond motifs is 1. The van der Waals surface area contributed by atoms with Crippen molar-refractivity contribution < 1.29 is 9.90 Å². The number of aromatic carboxylic acids is 1. The number of likely N-dealkylation sites (N-methyl/N-ethyl adjacent to an activating group) is 1. The van der Waals surface area contributed by atoms with Gasteiger partial charge in [0.25, 0.3) is 0 Å². The molecule has 15 heavy (non-hydrogen) atoms. The maximum atomic E-state index is 11.1. The van der Waals surface area contributed by atoms with Crippen LogP contribution in [-0.2, 0) is 13.0 Å². The Hall–Kier alpha value is -0.390. The van der Waals surface area contributed by atoms with Crippen LogP contribution in [-0.4, -0.2) is 29.1 Å². The predicted molar refractivity (Wildman–Crippen MR) is 63.6 cm³/mol. The molecule has 82 valence electrons. The molecule has 0 fully saturated rings. The van der Waals surface area contributed by atoms with E-state index >= 15 is 0 Å². The molecule has 1 aliphatic rings. The number of halogens is 1. The van der Waals surface area contributed by atoms with Crippen LogP contribution in [0.4, 0.5) is 0 Å². The van der Waals surface area contributed by atoms with E-state index in [1.807, 2.05) is 0 Å². The minimum Gasteiger partial charge on any atom is -0.478 e. The molecule has 0 amide bonds. The second-order valence-electron chi connectivity index (χ2n) is 3.58. The summed E-state index contributed by atoms with van der Waals surface area (Å²) in [5.74, 6) is -0.815.